The maximum absolute atomic E-state index is 13.0. The Hall–Kier alpha value is -1.75. The van der Waals surface area contributed by atoms with E-state index in [2.05, 4.69) is 5.32 Å². The molecule has 0 saturated heterocycles. The number of benzene rings is 1. The van der Waals surface area contributed by atoms with Crippen LogP contribution >= 0.6 is 0 Å². The molecule has 104 valence electrons. The number of nitrogens with two attached hydrogens (primary N) is 1. The molecule has 1 amide bonds. The summed E-state index contributed by atoms with van der Waals surface area (Å²) < 4.78 is 13.0. The molecule has 0 heterocycles. The number of Topliss-reactive ketones (excluding diaryl/α,β-unsaturated/α-hetero) is 1. The van der Waals surface area contributed by atoms with Gasteiger partial charge in [0, 0.05) is 30.5 Å². The van der Waals surface area contributed by atoms with Crippen molar-refractivity contribution in [1.82, 2.24) is 5.32 Å². The second kappa shape index (κ2) is 6.99. The van der Waals surface area contributed by atoms with Crippen molar-refractivity contribution in [2.24, 2.45) is 11.7 Å². The average molecular weight is 266 g/mol. The van der Waals surface area contributed by atoms with Crippen molar-refractivity contribution >= 4 is 11.7 Å². The quantitative estimate of drug-likeness (QED) is 0.766. The van der Waals surface area contributed by atoms with E-state index in [-0.39, 0.29) is 29.7 Å². The Morgan fingerprint density at radius 2 is 2.05 bits per heavy atom. The molecule has 19 heavy (non-hydrogen) atoms. The monoisotopic (exact) mass is 266 g/mol. The topological polar surface area (TPSA) is 72.2 Å². The minimum Gasteiger partial charge on any atom is -0.352 e. The van der Waals surface area contributed by atoms with Crippen molar-refractivity contribution in [3.8, 4) is 0 Å². The summed E-state index contributed by atoms with van der Waals surface area (Å²) in [5.41, 5.74) is 5.68. The molecule has 0 aliphatic heterocycles. The number of halogens is 1. The molecule has 4 nitrogen and oxygen atoms in total. The normalized spacial score (nSPS) is 13.7. The van der Waals surface area contributed by atoms with Crippen LogP contribution in [-0.2, 0) is 4.79 Å². The van der Waals surface area contributed by atoms with Gasteiger partial charge in [0.1, 0.15) is 5.82 Å². The zero-order valence-electron chi connectivity index (χ0n) is 11.2. The highest BCUT2D eigenvalue weighted by Crippen LogP contribution is 2.13. The van der Waals surface area contributed by atoms with Crippen LogP contribution < -0.4 is 11.1 Å². The Balaban J connectivity index is 2.60. The number of nitrogens with one attached hydrogen (secondary N) is 1. The molecule has 0 saturated carbocycles. The van der Waals surface area contributed by atoms with E-state index < -0.39 is 11.7 Å². The van der Waals surface area contributed by atoms with Crippen LogP contribution in [0.4, 0.5) is 4.39 Å². The summed E-state index contributed by atoms with van der Waals surface area (Å²) in [6.45, 7) is 3.79. The van der Waals surface area contributed by atoms with E-state index >= 15 is 0 Å². The van der Waals surface area contributed by atoms with E-state index in [9.17, 15) is 14.0 Å². The van der Waals surface area contributed by atoms with Crippen LogP contribution in [0.5, 0.6) is 0 Å². The molecule has 2 atom stereocenters. The first-order valence-corrected chi connectivity index (χ1v) is 6.23. The van der Waals surface area contributed by atoms with Gasteiger partial charge >= 0.3 is 0 Å². The Kier molecular flexibility index (Phi) is 5.63. The van der Waals surface area contributed by atoms with Crippen molar-refractivity contribution in [2.45, 2.75) is 26.3 Å². The molecule has 0 aromatic heterocycles. The second-order valence-electron chi connectivity index (χ2n) is 4.68. The van der Waals surface area contributed by atoms with Gasteiger partial charge in [-0.15, -0.1) is 0 Å². The molecule has 1 aromatic carbocycles. The van der Waals surface area contributed by atoms with Crippen molar-refractivity contribution in [3.63, 3.8) is 0 Å². The molecule has 1 unspecified atom stereocenters. The van der Waals surface area contributed by atoms with Gasteiger partial charge in [0.25, 0.3) is 0 Å². The largest absolute Gasteiger partial charge is 0.352 e. The fourth-order valence-electron chi connectivity index (χ4n) is 1.69. The number of rotatable bonds is 6. The summed E-state index contributed by atoms with van der Waals surface area (Å²) in [4.78, 5) is 23.6. The number of hydrogen-bond acceptors (Lipinski definition) is 3. The second-order valence-corrected chi connectivity index (χ2v) is 4.68. The maximum Gasteiger partial charge on any atom is 0.220 e. The van der Waals surface area contributed by atoms with Gasteiger partial charge in [-0.05, 0) is 19.1 Å². The maximum atomic E-state index is 13.0. The standard InChI is InChI=1S/C14H19FN2O2/c1-9(6-13(18)17-10(2)8-16)14(19)11-4-3-5-12(15)7-11/h3-5,7,9-10H,6,8,16H2,1-2H3,(H,17,18)/t9?,10-/m0/s1. The molecule has 1 rings (SSSR count). The van der Waals surface area contributed by atoms with Crippen molar-refractivity contribution in [1.29, 1.82) is 0 Å². The first kappa shape index (κ1) is 15.3. The van der Waals surface area contributed by atoms with Crippen molar-refractivity contribution in [3.05, 3.63) is 35.6 Å². The first-order chi connectivity index (χ1) is 8.93. The number of ketones is 1. The summed E-state index contributed by atoms with van der Waals surface area (Å²) >= 11 is 0. The molecular weight excluding hydrogens is 247 g/mol. The predicted octanol–water partition coefficient (Wildman–Crippen LogP) is 1.50. The van der Waals surface area contributed by atoms with E-state index in [0.29, 0.717) is 6.54 Å². The summed E-state index contributed by atoms with van der Waals surface area (Å²) in [5.74, 6) is -1.42. The van der Waals surface area contributed by atoms with Gasteiger partial charge < -0.3 is 11.1 Å². The predicted molar refractivity (Wildman–Crippen MR) is 71.2 cm³/mol. The third-order valence-electron chi connectivity index (χ3n) is 2.81. The van der Waals surface area contributed by atoms with Crippen molar-refractivity contribution < 1.29 is 14.0 Å². The summed E-state index contributed by atoms with van der Waals surface area (Å²) in [7, 11) is 0. The lowest BCUT2D eigenvalue weighted by molar-refractivity contribution is -0.122. The number of carbonyl (C=O) groups excluding carboxylic acids is 2. The Morgan fingerprint density at radius 1 is 1.37 bits per heavy atom. The van der Waals surface area contributed by atoms with Crippen LogP contribution in [0.1, 0.15) is 30.6 Å². The molecule has 0 aliphatic carbocycles. The Bertz CT molecular complexity index is 463. The first-order valence-electron chi connectivity index (χ1n) is 6.23. The third kappa shape index (κ3) is 4.79. The van der Waals surface area contributed by atoms with Gasteiger partial charge in [-0.1, -0.05) is 19.1 Å². The number of amides is 1. The Labute approximate surface area is 112 Å². The van der Waals surface area contributed by atoms with Gasteiger partial charge in [0.15, 0.2) is 5.78 Å². The highest BCUT2D eigenvalue weighted by molar-refractivity contribution is 5.99. The third-order valence-corrected chi connectivity index (χ3v) is 2.81. The highest BCUT2D eigenvalue weighted by Gasteiger charge is 2.19. The zero-order valence-corrected chi connectivity index (χ0v) is 11.2. The molecule has 0 fully saturated rings. The van der Waals surface area contributed by atoms with E-state index in [1.165, 1.54) is 18.2 Å². The van der Waals surface area contributed by atoms with Crippen LogP contribution in [0.15, 0.2) is 24.3 Å². The zero-order chi connectivity index (χ0) is 14.4. The SMILES string of the molecule is CC(CC(=O)N[C@@H](C)CN)C(=O)c1cccc(F)c1. The van der Waals surface area contributed by atoms with Crippen LogP contribution in [0.3, 0.4) is 0 Å². The lowest BCUT2D eigenvalue weighted by Crippen LogP contribution is -2.38. The van der Waals surface area contributed by atoms with Gasteiger partial charge in [0.2, 0.25) is 5.91 Å². The molecule has 1 aromatic rings. The van der Waals surface area contributed by atoms with E-state index in [0.717, 1.165) is 0 Å². The summed E-state index contributed by atoms with van der Waals surface area (Å²) in [6.07, 6.45) is 0.0691. The molecule has 0 radical (unpaired) electrons. The van der Waals surface area contributed by atoms with Crippen LogP contribution in [0.2, 0.25) is 0 Å². The summed E-state index contributed by atoms with van der Waals surface area (Å²) in [6, 6.07) is 5.36. The number of hydrogen-bond donors (Lipinski definition) is 2. The fraction of sp³-hybridized carbons (Fsp3) is 0.429. The lowest BCUT2D eigenvalue weighted by Gasteiger charge is -2.14. The molecule has 0 spiro atoms. The minimum atomic E-state index is -0.494. The van der Waals surface area contributed by atoms with Gasteiger partial charge in [-0.3, -0.25) is 9.59 Å². The molecular formula is C14H19FN2O2. The molecule has 5 heteroatoms. The van der Waals surface area contributed by atoms with E-state index in [1.54, 1.807) is 19.9 Å². The molecule has 0 aliphatic rings. The average Bonchev–Trinajstić information content (AvgIpc) is 2.37. The minimum absolute atomic E-state index is 0.0691. The number of carbonyl (C=O) groups is 2. The molecule has 3 N–H and O–H groups in total. The van der Waals surface area contributed by atoms with Gasteiger partial charge in [-0.25, -0.2) is 4.39 Å². The van der Waals surface area contributed by atoms with Crippen LogP contribution in [0, 0.1) is 11.7 Å². The van der Waals surface area contributed by atoms with E-state index in [4.69, 9.17) is 5.73 Å². The van der Waals surface area contributed by atoms with E-state index in [1.807, 2.05) is 0 Å². The smallest absolute Gasteiger partial charge is 0.220 e. The van der Waals surface area contributed by atoms with Crippen LogP contribution in [-0.4, -0.2) is 24.3 Å². The highest BCUT2D eigenvalue weighted by atomic mass is 19.1. The summed E-state index contributed by atoms with van der Waals surface area (Å²) in [5, 5.41) is 2.69. The van der Waals surface area contributed by atoms with Gasteiger partial charge in [0.05, 0.1) is 0 Å². The van der Waals surface area contributed by atoms with Crippen LogP contribution in [0.25, 0.3) is 0 Å². The fourth-order valence-corrected chi connectivity index (χ4v) is 1.69. The lowest BCUT2D eigenvalue weighted by atomic mass is 9.96. The van der Waals surface area contributed by atoms with Gasteiger partial charge in [-0.2, -0.15) is 0 Å². The van der Waals surface area contributed by atoms with Crippen molar-refractivity contribution in [2.75, 3.05) is 6.54 Å². The molecule has 0 bridgehead atoms. The Morgan fingerprint density at radius 3 is 2.63 bits per heavy atom.